The van der Waals surface area contributed by atoms with Gasteiger partial charge in [-0.3, -0.25) is 0 Å². The molecule has 0 saturated carbocycles. The summed E-state index contributed by atoms with van der Waals surface area (Å²) < 4.78 is 15.1. The van der Waals surface area contributed by atoms with Crippen LogP contribution in [0.25, 0.3) is 0 Å². The van der Waals surface area contributed by atoms with Gasteiger partial charge in [-0.05, 0) is 12.2 Å². The van der Waals surface area contributed by atoms with E-state index in [1.165, 1.54) is 6.26 Å². The van der Waals surface area contributed by atoms with Gasteiger partial charge in [-0.15, -0.1) is 0 Å². The molecule has 0 radical (unpaired) electrons. The van der Waals surface area contributed by atoms with Gasteiger partial charge in [0.25, 0.3) is 0 Å². The third kappa shape index (κ3) is 1.58. The lowest BCUT2D eigenvalue weighted by Gasteiger charge is -2.26. The van der Waals surface area contributed by atoms with E-state index in [-0.39, 0.29) is 13.6 Å². The molecule has 1 fully saturated rings. The van der Waals surface area contributed by atoms with E-state index in [0.29, 0.717) is 0 Å². The highest BCUT2D eigenvalue weighted by Crippen LogP contribution is 2.12. The third-order valence-corrected chi connectivity index (χ3v) is 1.46. The first-order valence-corrected chi connectivity index (χ1v) is 3.56. The molecule has 0 aliphatic carbocycles. The number of allylic oxidation sites excluding steroid dienone is 2. The molecule has 2 rings (SSSR count). The topological polar surface area (TPSA) is 49.0 Å². The number of ether oxygens (including phenoxy) is 3. The normalized spacial score (nSPS) is 24.2. The summed E-state index contributed by atoms with van der Waals surface area (Å²) in [6.07, 6.45) is 4.69. The minimum Gasteiger partial charge on any atom is -0.390 e. The van der Waals surface area contributed by atoms with Gasteiger partial charge in [-0.1, -0.05) is 0 Å². The molecule has 5 nitrogen and oxygen atoms in total. The molecule has 2 heterocycles. The summed E-state index contributed by atoms with van der Waals surface area (Å²) in [5.74, 6) is 0. The van der Waals surface area contributed by atoms with Crippen LogP contribution in [0.1, 0.15) is 0 Å². The molecule has 2 aliphatic rings. The molecule has 0 aromatic rings. The van der Waals surface area contributed by atoms with Crippen LogP contribution in [0.4, 0.5) is 0 Å². The molecule has 0 unspecified atom stereocenters. The van der Waals surface area contributed by atoms with E-state index < -0.39 is 6.29 Å². The predicted octanol–water partition coefficient (Wildman–Crippen LogP) is 0.223. The third-order valence-electron chi connectivity index (χ3n) is 1.46. The highest BCUT2D eigenvalue weighted by atomic mass is 16.8. The zero-order valence-electron chi connectivity index (χ0n) is 6.36. The van der Waals surface area contributed by atoms with Crippen molar-refractivity contribution in [3.63, 3.8) is 0 Å². The van der Waals surface area contributed by atoms with Crippen molar-refractivity contribution >= 4 is 0 Å². The van der Waals surface area contributed by atoms with Crippen molar-refractivity contribution in [1.82, 2.24) is 5.48 Å². The largest absolute Gasteiger partial charge is 0.390 e. The van der Waals surface area contributed by atoms with Gasteiger partial charge in [0.2, 0.25) is 6.29 Å². The van der Waals surface area contributed by atoms with Crippen LogP contribution < -0.4 is 5.48 Å². The lowest BCUT2D eigenvalue weighted by molar-refractivity contribution is -0.288. The Bertz CT molecular complexity index is 207. The number of nitrogens with one attached hydrogen (secondary N) is 1. The molecule has 1 saturated heterocycles. The van der Waals surface area contributed by atoms with Gasteiger partial charge in [0.1, 0.15) is 12.0 Å². The lowest BCUT2D eigenvalue weighted by atomic mass is 10.3. The standard InChI is InChI=1S/C7H9NO4/c1-2-6(8-12-3-1)7-10-4-9-5-11-7/h1-3,7-8H,4-5H2. The van der Waals surface area contributed by atoms with Gasteiger partial charge in [0.15, 0.2) is 13.6 Å². The van der Waals surface area contributed by atoms with Crippen molar-refractivity contribution in [2.45, 2.75) is 6.29 Å². The average Bonchev–Trinajstić information content (AvgIpc) is 2.21. The maximum atomic E-state index is 5.13. The summed E-state index contributed by atoms with van der Waals surface area (Å²) in [6, 6.07) is 0. The molecule has 0 atom stereocenters. The first-order valence-electron chi connectivity index (χ1n) is 3.56. The van der Waals surface area contributed by atoms with Crippen LogP contribution in [0, 0.1) is 0 Å². The van der Waals surface area contributed by atoms with Crippen LogP contribution in [-0.4, -0.2) is 19.9 Å². The number of rotatable bonds is 1. The molecular weight excluding hydrogens is 162 g/mol. The predicted molar refractivity (Wildman–Crippen MR) is 38.2 cm³/mol. The number of hydrogen-bond donors (Lipinski definition) is 1. The van der Waals surface area contributed by atoms with Crippen molar-refractivity contribution in [2.75, 3.05) is 13.6 Å². The minimum atomic E-state index is -0.413. The van der Waals surface area contributed by atoms with Gasteiger partial charge in [-0.25, -0.2) is 5.48 Å². The van der Waals surface area contributed by atoms with Crippen LogP contribution >= 0.6 is 0 Å². The van der Waals surface area contributed by atoms with Gasteiger partial charge in [0, 0.05) is 0 Å². The number of hydrogen-bond acceptors (Lipinski definition) is 5. The van der Waals surface area contributed by atoms with Gasteiger partial charge in [-0.2, -0.15) is 0 Å². The molecule has 0 amide bonds. The molecule has 66 valence electrons. The Kier molecular flexibility index (Phi) is 2.26. The Morgan fingerprint density at radius 3 is 2.83 bits per heavy atom. The highest BCUT2D eigenvalue weighted by molar-refractivity contribution is 5.13. The fourth-order valence-corrected chi connectivity index (χ4v) is 0.927. The van der Waals surface area contributed by atoms with Crippen molar-refractivity contribution in [2.24, 2.45) is 0 Å². The maximum Gasteiger partial charge on any atom is 0.206 e. The molecule has 0 aromatic heterocycles. The van der Waals surface area contributed by atoms with Gasteiger partial charge < -0.3 is 19.0 Å². The zero-order chi connectivity index (χ0) is 8.23. The van der Waals surface area contributed by atoms with Gasteiger partial charge >= 0.3 is 0 Å². The van der Waals surface area contributed by atoms with Crippen LogP contribution in [0.2, 0.25) is 0 Å². The Labute approximate surface area is 69.5 Å². The molecule has 1 N–H and O–H groups in total. The fraction of sp³-hybridized carbons (Fsp3) is 0.429. The van der Waals surface area contributed by atoms with E-state index in [1.807, 2.05) is 6.08 Å². The summed E-state index contributed by atoms with van der Waals surface area (Å²) in [5.41, 5.74) is 3.39. The summed E-state index contributed by atoms with van der Waals surface area (Å²) >= 11 is 0. The fourth-order valence-electron chi connectivity index (χ4n) is 0.927. The average molecular weight is 171 g/mol. The molecule has 5 heteroatoms. The van der Waals surface area contributed by atoms with Crippen molar-refractivity contribution < 1.29 is 19.0 Å². The van der Waals surface area contributed by atoms with Crippen LogP contribution in [0.5, 0.6) is 0 Å². The molecule has 0 spiro atoms. The van der Waals surface area contributed by atoms with Crippen LogP contribution in [0.15, 0.2) is 24.1 Å². The molecule has 12 heavy (non-hydrogen) atoms. The SMILES string of the molecule is C1=CONC(C2OCOCO2)=C1. The van der Waals surface area contributed by atoms with E-state index in [0.717, 1.165) is 5.70 Å². The molecule has 0 aromatic carbocycles. The smallest absolute Gasteiger partial charge is 0.206 e. The molecule has 0 bridgehead atoms. The summed E-state index contributed by atoms with van der Waals surface area (Å²) in [6.45, 7) is 0.487. The van der Waals surface area contributed by atoms with Crippen molar-refractivity contribution in [3.05, 3.63) is 24.1 Å². The maximum absolute atomic E-state index is 5.13. The quantitative estimate of drug-likeness (QED) is 0.611. The van der Waals surface area contributed by atoms with Crippen molar-refractivity contribution in [3.8, 4) is 0 Å². The highest BCUT2D eigenvalue weighted by Gasteiger charge is 2.20. The Morgan fingerprint density at radius 1 is 1.33 bits per heavy atom. The lowest BCUT2D eigenvalue weighted by Crippen LogP contribution is -2.34. The van der Waals surface area contributed by atoms with E-state index in [4.69, 9.17) is 19.0 Å². The summed E-state index contributed by atoms with van der Waals surface area (Å²) in [5, 5.41) is 0. The molecular formula is C7H9NO4. The van der Waals surface area contributed by atoms with Gasteiger partial charge in [0.05, 0.1) is 0 Å². The van der Waals surface area contributed by atoms with E-state index >= 15 is 0 Å². The van der Waals surface area contributed by atoms with Crippen LogP contribution in [0.3, 0.4) is 0 Å². The Morgan fingerprint density at radius 2 is 2.17 bits per heavy atom. The Balaban J connectivity index is 1.97. The second-order valence-electron chi connectivity index (χ2n) is 2.28. The second-order valence-corrected chi connectivity index (χ2v) is 2.28. The van der Waals surface area contributed by atoms with E-state index in [9.17, 15) is 0 Å². The van der Waals surface area contributed by atoms with E-state index in [2.05, 4.69) is 5.48 Å². The summed E-state index contributed by atoms with van der Waals surface area (Å²) in [7, 11) is 0. The first kappa shape index (κ1) is 7.60. The number of hydroxylamine groups is 1. The first-order chi connectivity index (χ1) is 5.97. The molecule has 2 aliphatic heterocycles. The van der Waals surface area contributed by atoms with E-state index in [1.54, 1.807) is 6.08 Å². The summed E-state index contributed by atoms with van der Waals surface area (Å²) in [4.78, 5) is 4.84. The monoisotopic (exact) mass is 171 g/mol. The minimum absolute atomic E-state index is 0.243. The zero-order valence-corrected chi connectivity index (χ0v) is 6.36. The second kappa shape index (κ2) is 3.57. The van der Waals surface area contributed by atoms with Crippen molar-refractivity contribution in [1.29, 1.82) is 0 Å². The van der Waals surface area contributed by atoms with Crippen LogP contribution in [-0.2, 0) is 19.0 Å². The Hall–Kier alpha value is -1.04.